The quantitative estimate of drug-likeness (QED) is 0.674. The number of benzene rings is 2. The Morgan fingerprint density at radius 3 is 2.44 bits per heavy atom. The molecule has 0 saturated heterocycles. The van der Waals surface area contributed by atoms with Crippen LogP contribution in [-0.4, -0.2) is 27.0 Å². The predicted octanol–water partition coefficient (Wildman–Crippen LogP) is 2.17. The van der Waals surface area contributed by atoms with Crippen LogP contribution in [0.25, 0.3) is 5.69 Å². The lowest BCUT2D eigenvalue weighted by Gasteiger charge is -2.14. The van der Waals surface area contributed by atoms with Crippen molar-refractivity contribution in [1.29, 1.82) is 0 Å². The molecule has 3 aromatic rings. The van der Waals surface area contributed by atoms with Crippen LogP contribution in [0.2, 0.25) is 0 Å². The number of carbonyl (C=O) groups excluding carboxylic acids is 1. The second-order valence-electron chi connectivity index (χ2n) is 5.89. The van der Waals surface area contributed by atoms with Crippen LogP contribution in [0.1, 0.15) is 28.4 Å². The zero-order valence-electron chi connectivity index (χ0n) is 14.9. The number of ether oxygens (including phenoxy) is 1. The van der Waals surface area contributed by atoms with Crippen LogP contribution < -0.4 is 16.0 Å². The van der Waals surface area contributed by atoms with Crippen molar-refractivity contribution in [3.05, 3.63) is 86.1 Å². The molecule has 0 aliphatic heterocycles. The highest BCUT2D eigenvalue weighted by molar-refractivity contribution is 6.10. The minimum atomic E-state index is -0.951. The van der Waals surface area contributed by atoms with Crippen molar-refractivity contribution in [2.75, 3.05) is 6.61 Å². The first-order valence-electron chi connectivity index (χ1n) is 8.36. The second-order valence-corrected chi connectivity index (χ2v) is 5.89. The van der Waals surface area contributed by atoms with E-state index in [0.717, 1.165) is 10.1 Å². The Morgan fingerprint density at radius 1 is 1.11 bits per heavy atom. The van der Waals surface area contributed by atoms with E-state index in [-0.39, 0.29) is 11.3 Å². The fourth-order valence-electron chi connectivity index (χ4n) is 2.72. The van der Waals surface area contributed by atoms with Crippen molar-refractivity contribution >= 4 is 5.78 Å². The van der Waals surface area contributed by atoms with Crippen LogP contribution in [0.15, 0.2) is 58.1 Å². The maximum Gasteiger partial charge on any atom is 0.335 e. The Morgan fingerprint density at radius 2 is 1.78 bits per heavy atom. The number of aromatic amines is 1. The summed E-state index contributed by atoms with van der Waals surface area (Å²) in [6, 6.07) is 13.1. The van der Waals surface area contributed by atoms with Crippen LogP contribution in [0.4, 0.5) is 0 Å². The first kappa shape index (κ1) is 18.2. The lowest BCUT2D eigenvalue weighted by molar-refractivity contribution is 0.103. The zero-order chi connectivity index (χ0) is 19.6. The monoisotopic (exact) mass is 366 g/mol. The van der Waals surface area contributed by atoms with Crippen molar-refractivity contribution in [1.82, 2.24) is 9.55 Å². The highest BCUT2D eigenvalue weighted by Crippen LogP contribution is 2.26. The summed E-state index contributed by atoms with van der Waals surface area (Å²) >= 11 is 0. The third kappa shape index (κ3) is 3.39. The van der Waals surface area contributed by atoms with Crippen LogP contribution in [0.5, 0.6) is 11.6 Å². The van der Waals surface area contributed by atoms with Gasteiger partial charge in [-0.2, -0.15) is 0 Å². The Balaban J connectivity index is 2.23. The number of aromatic hydroxyl groups is 1. The molecule has 0 bridgehead atoms. The minimum absolute atomic E-state index is 0.219. The molecule has 138 valence electrons. The lowest BCUT2D eigenvalue weighted by atomic mass is 10.0. The molecule has 0 fully saturated rings. The molecule has 2 N–H and O–H groups in total. The highest BCUT2D eigenvalue weighted by Gasteiger charge is 2.24. The number of carbonyl (C=O) groups is 1. The summed E-state index contributed by atoms with van der Waals surface area (Å²) in [5.74, 6) is -1.09. The average molecular weight is 366 g/mol. The SMILES string of the molecule is CCOc1ccccc1-n1c(O)c(C(=O)c2ccc(C)cc2)c(=O)[nH]c1=O. The number of H-pyrrole nitrogens is 1. The summed E-state index contributed by atoms with van der Waals surface area (Å²) in [4.78, 5) is 39.5. The molecule has 0 spiro atoms. The number of aromatic nitrogens is 2. The number of nitrogens with zero attached hydrogens (tertiary/aromatic N) is 1. The van der Waals surface area contributed by atoms with E-state index in [4.69, 9.17) is 4.74 Å². The van der Waals surface area contributed by atoms with Crippen molar-refractivity contribution < 1.29 is 14.6 Å². The van der Waals surface area contributed by atoms with E-state index in [9.17, 15) is 19.5 Å². The van der Waals surface area contributed by atoms with Crippen LogP contribution in [0.3, 0.4) is 0 Å². The molecule has 3 rings (SSSR count). The van der Waals surface area contributed by atoms with Gasteiger partial charge in [-0.25, -0.2) is 9.36 Å². The molecule has 0 aliphatic carbocycles. The normalized spacial score (nSPS) is 10.6. The summed E-state index contributed by atoms with van der Waals surface area (Å²) in [6.07, 6.45) is 0. The highest BCUT2D eigenvalue weighted by atomic mass is 16.5. The summed E-state index contributed by atoms with van der Waals surface area (Å²) in [7, 11) is 0. The molecule has 7 heteroatoms. The molecular formula is C20H18N2O5. The Bertz CT molecular complexity index is 1110. The van der Waals surface area contributed by atoms with Gasteiger partial charge in [0.25, 0.3) is 5.56 Å². The van der Waals surface area contributed by atoms with Crippen molar-refractivity contribution in [2.45, 2.75) is 13.8 Å². The maximum absolute atomic E-state index is 12.8. The molecule has 0 aliphatic rings. The van der Waals surface area contributed by atoms with E-state index in [1.165, 1.54) is 0 Å². The minimum Gasteiger partial charge on any atom is -0.493 e. The van der Waals surface area contributed by atoms with Gasteiger partial charge in [0.05, 0.1) is 12.3 Å². The topological polar surface area (TPSA) is 101 Å². The molecule has 0 amide bonds. The van der Waals surface area contributed by atoms with Gasteiger partial charge >= 0.3 is 5.69 Å². The van der Waals surface area contributed by atoms with E-state index in [1.807, 2.05) is 6.92 Å². The third-order valence-corrected chi connectivity index (χ3v) is 4.03. The second kappa shape index (κ2) is 7.33. The van der Waals surface area contributed by atoms with Gasteiger partial charge in [0.15, 0.2) is 0 Å². The molecule has 1 aromatic heterocycles. The molecule has 1 heterocycles. The van der Waals surface area contributed by atoms with Gasteiger partial charge in [0.2, 0.25) is 11.7 Å². The Kier molecular flexibility index (Phi) is 4.94. The number of nitrogens with one attached hydrogen (secondary N) is 1. The number of aryl methyl sites for hydroxylation is 1. The fourth-order valence-corrected chi connectivity index (χ4v) is 2.72. The molecule has 7 nitrogen and oxygen atoms in total. The van der Waals surface area contributed by atoms with Gasteiger partial charge in [0, 0.05) is 5.56 Å². The van der Waals surface area contributed by atoms with Crippen LogP contribution >= 0.6 is 0 Å². The number of para-hydroxylation sites is 2. The third-order valence-electron chi connectivity index (χ3n) is 4.03. The summed E-state index contributed by atoms with van der Waals surface area (Å²) in [5.41, 5.74) is -0.941. The molecule has 27 heavy (non-hydrogen) atoms. The van der Waals surface area contributed by atoms with Gasteiger partial charge in [-0.05, 0) is 26.0 Å². The fraction of sp³-hybridized carbons (Fsp3) is 0.150. The molecule has 0 unspecified atom stereocenters. The van der Waals surface area contributed by atoms with E-state index >= 15 is 0 Å². The summed E-state index contributed by atoms with van der Waals surface area (Å²) in [6.45, 7) is 3.98. The van der Waals surface area contributed by atoms with Gasteiger partial charge in [-0.15, -0.1) is 0 Å². The van der Waals surface area contributed by atoms with Crippen LogP contribution in [0, 0.1) is 6.92 Å². The van der Waals surface area contributed by atoms with Gasteiger partial charge < -0.3 is 9.84 Å². The standard InChI is InChI=1S/C20H18N2O5/c1-3-27-15-7-5-4-6-14(15)22-19(25)16(18(24)21-20(22)26)17(23)13-10-8-12(2)9-11-13/h4-11,25H,3H2,1-2H3,(H,21,24,26). The molecular weight excluding hydrogens is 348 g/mol. The molecule has 0 atom stereocenters. The first-order chi connectivity index (χ1) is 12.9. The maximum atomic E-state index is 12.8. The van der Waals surface area contributed by atoms with E-state index in [0.29, 0.717) is 12.4 Å². The number of ketones is 1. The van der Waals surface area contributed by atoms with Crippen molar-refractivity contribution in [2.24, 2.45) is 0 Å². The van der Waals surface area contributed by atoms with E-state index in [1.54, 1.807) is 55.5 Å². The van der Waals surface area contributed by atoms with Gasteiger partial charge in [-0.3, -0.25) is 14.6 Å². The summed E-state index contributed by atoms with van der Waals surface area (Å²) < 4.78 is 6.34. The number of rotatable bonds is 5. The first-order valence-corrected chi connectivity index (χ1v) is 8.36. The molecule has 0 saturated carbocycles. The van der Waals surface area contributed by atoms with Gasteiger partial charge in [-0.1, -0.05) is 42.0 Å². The Hall–Kier alpha value is -3.61. The van der Waals surface area contributed by atoms with Crippen LogP contribution in [-0.2, 0) is 0 Å². The smallest absolute Gasteiger partial charge is 0.335 e. The van der Waals surface area contributed by atoms with Crippen molar-refractivity contribution in [3.63, 3.8) is 0 Å². The Labute approximate surface area is 154 Å². The largest absolute Gasteiger partial charge is 0.493 e. The van der Waals surface area contributed by atoms with E-state index < -0.39 is 28.5 Å². The molecule has 2 aromatic carbocycles. The van der Waals surface area contributed by atoms with E-state index in [2.05, 4.69) is 4.98 Å². The number of hydrogen-bond acceptors (Lipinski definition) is 5. The predicted molar refractivity (Wildman–Crippen MR) is 100 cm³/mol. The lowest BCUT2D eigenvalue weighted by Crippen LogP contribution is -2.33. The molecule has 0 radical (unpaired) electrons. The number of hydrogen-bond donors (Lipinski definition) is 2. The average Bonchev–Trinajstić information content (AvgIpc) is 2.63. The van der Waals surface area contributed by atoms with Gasteiger partial charge in [0.1, 0.15) is 11.3 Å². The van der Waals surface area contributed by atoms with Crippen molar-refractivity contribution in [3.8, 4) is 17.3 Å². The zero-order valence-corrected chi connectivity index (χ0v) is 14.9. The summed E-state index contributed by atoms with van der Waals surface area (Å²) in [5, 5.41) is 10.6.